The van der Waals surface area contributed by atoms with Crippen LogP contribution in [0.4, 0.5) is 0 Å². The van der Waals surface area contributed by atoms with Crippen LogP contribution in [0.1, 0.15) is 0 Å². The molecule has 0 bridgehead atoms. The van der Waals surface area contributed by atoms with Crippen molar-refractivity contribution in [2.45, 2.75) is 0 Å². The van der Waals surface area contributed by atoms with E-state index in [4.69, 9.17) is 0 Å². The lowest BCUT2D eigenvalue weighted by atomic mass is 10.3. The highest BCUT2D eigenvalue weighted by molar-refractivity contribution is 9.10. The van der Waals surface area contributed by atoms with Crippen LogP contribution in [0.3, 0.4) is 0 Å². The molecule has 3 nitrogen and oxygen atoms in total. The third-order valence-corrected chi connectivity index (χ3v) is 3.65. The quantitative estimate of drug-likeness (QED) is 0.685. The summed E-state index contributed by atoms with van der Waals surface area (Å²) in [6.45, 7) is 0. The van der Waals surface area contributed by atoms with Crippen molar-refractivity contribution in [2.75, 3.05) is 0 Å². The van der Waals surface area contributed by atoms with Crippen LogP contribution < -0.4 is 0 Å². The highest BCUT2D eigenvalue weighted by Gasteiger charge is 2.06. The zero-order valence-corrected chi connectivity index (χ0v) is 9.99. The third kappa shape index (κ3) is 1.48. The van der Waals surface area contributed by atoms with E-state index in [-0.39, 0.29) is 0 Å². The molecule has 0 N–H and O–H groups in total. The summed E-state index contributed by atoms with van der Waals surface area (Å²) in [6.07, 6.45) is 1.85. The fourth-order valence-electron chi connectivity index (χ4n) is 1.47. The molecule has 1 aromatic carbocycles. The van der Waals surface area contributed by atoms with Crippen LogP contribution in [0.2, 0.25) is 0 Å². The van der Waals surface area contributed by atoms with E-state index in [2.05, 4.69) is 26.0 Å². The van der Waals surface area contributed by atoms with E-state index < -0.39 is 0 Å². The largest absolute Gasteiger partial charge is 0.211 e. The second-order valence-corrected chi connectivity index (χ2v) is 4.72. The van der Waals surface area contributed by atoms with E-state index in [1.54, 1.807) is 11.3 Å². The molecule has 3 rings (SSSR count). The summed E-state index contributed by atoms with van der Waals surface area (Å²) in [5.41, 5.74) is 1.08. The van der Waals surface area contributed by atoms with Crippen molar-refractivity contribution in [3.8, 4) is 5.13 Å². The van der Waals surface area contributed by atoms with E-state index in [0.29, 0.717) is 0 Å². The van der Waals surface area contributed by atoms with Gasteiger partial charge in [0, 0.05) is 10.8 Å². The van der Waals surface area contributed by atoms with Gasteiger partial charge in [-0.05, 0) is 22.0 Å². The molecule has 15 heavy (non-hydrogen) atoms. The first-order chi connectivity index (χ1) is 7.34. The van der Waals surface area contributed by atoms with Crippen molar-refractivity contribution < 1.29 is 0 Å². The lowest BCUT2D eigenvalue weighted by Crippen LogP contribution is -1.94. The molecule has 0 amide bonds. The predicted molar refractivity (Wildman–Crippen MR) is 64.4 cm³/mol. The minimum absolute atomic E-state index is 0.849. The molecule has 5 heteroatoms. The number of rotatable bonds is 1. The second kappa shape index (κ2) is 3.43. The third-order valence-electron chi connectivity index (χ3n) is 2.12. The maximum Gasteiger partial charge on any atom is 0.211 e. The molecule has 0 unspecified atom stereocenters. The summed E-state index contributed by atoms with van der Waals surface area (Å²) in [7, 11) is 0. The number of halogens is 1. The van der Waals surface area contributed by atoms with E-state index >= 15 is 0 Å². The lowest BCUT2D eigenvalue weighted by molar-refractivity contribution is 0.896. The zero-order chi connectivity index (χ0) is 10.3. The van der Waals surface area contributed by atoms with Gasteiger partial charge in [-0.2, -0.15) is 5.10 Å². The van der Waals surface area contributed by atoms with Crippen LogP contribution in [0.5, 0.6) is 0 Å². The Morgan fingerprint density at radius 1 is 1.27 bits per heavy atom. The first-order valence-electron chi connectivity index (χ1n) is 4.39. The minimum atomic E-state index is 0.849. The zero-order valence-electron chi connectivity index (χ0n) is 7.59. The van der Waals surface area contributed by atoms with E-state index in [0.717, 1.165) is 20.6 Å². The monoisotopic (exact) mass is 279 g/mol. The lowest BCUT2D eigenvalue weighted by Gasteiger charge is -1.96. The molecule has 0 aliphatic rings. The van der Waals surface area contributed by atoms with Gasteiger partial charge in [-0.25, -0.2) is 9.67 Å². The Morgan fingerprint density at radius 3 is 2.93 bits per heavy atom. The Balaban J connectivity index is 2.27. The topological polar surface area (TPSA) is 30.7 Å². The number of benzene rings is 1. The van der Waals surface area contributed by atoms with Crippen molar-refractivity contribution in [2.24, 2.45) is 0 Å². The van der Waals surface area contributed by atoms with Gasteiger partial charge in [0.25, 0.3) is 0 Å². The summed E-state index contributed by atoms with van der Waals surface area (Å²) in [5, 5.41) is 8.28. The number of hydrogen-bond donors (Lipinski definition) is 0. The van der Waals surface area contributed by atoms with Crippen molar-refractivity contribution >= 4 is 38.2 Å². The fraction of sp³-hybridized carbons (Fsp3) is 0. The van der Waals surface area contributed by atoms with Gasteiger partial charge in [-0.3, -0.25) is 0 Å². The average molecular weight is 280 g/mol. The van der Waals surface area contributed by atoms with Gasteiger partial charge in [0.1, 0.15) is 4.60 Å². The van der Waals surface area contributed by atoms with Gasteiger partial charge >= 0.3 is 0 Å². The molecule has 0 aliphatic heterocycles. The van der Waals surface area contributed by atoms with Gasteiger partial charge in [0.2, 0.25) is 5.13 Å². The van der Waals surface area contributed by atoms with Gasteiger partial charge < -0.3 is 0 Å². The molecule has 0 fully saturated rings. The molecule has 3 aromatic rings. The smallest absolute Gasteiger partial charge is 0.211 e. The van der Waals surface area contributed by atoms with Gasteiger partial charge in [0.15, 0.2) is 0 Å². The Kier molecular flexibility index (Phi) is 2.07. The summed E-state index contributed by atoms with van der Waals surface area (Å²) in [5.74, 6) is 0. The molecule has 0 spiro atoms. The van der Waals surface area contributed by atoms with E-state index in [9.17, 15) is 0 Å². The Hall–Kier alpha value is -1.20. The minimum Gasteiger partial charge on any atom is -0.211 e. The summed E-state index contributed by atoms with van der Waals surface area (Å²) in [4.78, 5) is 4.34. The van der Waals surface area contributed by atoms with Gasteiger partial charge in [-0.1, -0.05) is 18.2 Å². The fourth-order valence-corrected chi connectivity index (χ4v) is 2.68. The molecule has 0 saturated carbocycles. The summed E-state index contributed by atoms with van der Waals surface area (Å²) in [6, 6.07) is 8.09. The maximum atomic E-state index is 4.34. The van der Waals surface area contributed by atoms with Crippen LogP contribution in [-0.4, -0.2) is 14.8 Å². The molecular weight excluding hydrogens is 274 g/mol. The average Bonchev–Trinajstić information content (AvgIpc) is 2.83. The number of nitrogens with zero attached hydrogens (tertiary/aromatic N) is 3. The van der Waals surface area contributed by atoms with Crippen molar-refractivity contribution in [3.05, 3.63) is 40.4 Å². The van der Waals surface area contributed by atoms with E-state index in [1.807, 2.05) is 40.5 Å². The molecule has 0 aliphatic carbocycles. The summed E-state index contributed by atoms with van der Waals surface area (Å²) >= 11 is 4.90. The Morgan fingerprint density at radius 2 is 2.13 bits per heavy atom. The van der Waals surface area contributed by atoms with Crippen molar-refractivity contribution in [3.63, 3.8) is 0 Å². The number of para-hydroxylation sites is 1. The number of hydrogen-bond acceptors (Lipinski definition) is 3. The first kappa shape index (κ1) is 9.06. The van der Waals surface area contributed by atoms with E-state index in [1.165, 1.54) is 0 Å². The standard InChI is InChI=1S/C10H6BrN3S/c11-9-6-15-10(13-9)14-8-4-2-1-3-7(8)5-12-14/h1-6H. The SMILES string of the molecule is Brc1csc(-n2ncc3ccccc32)n1. The molecule has 0 atom stereocenters. The van der Waals surface area contributed by atoms with Crippen LogP contribution in [-0.2, 0) is 0 Å². The molecule has 2 aromatic heterocycles. The predicted octanol–water partition coefficient (Wildman–Crippen LogP) is 3.24. The molecular formula is C10H6BrN3S. The second-order valence-electron chi connectivity index (χ2n) is 3.07. The molecule has 74 valence electrons. The molecule has 0 radical (unpaired) electrons. The Labute approximate surface area is 98.5 Å². The first-order valence-corrected chi connectivity index (χ1v) is 6.06. The Bertz CT molecular complexity index is 614. The molecule has 2 heterocycles. The number of aromatic nitrogens is 3. The molecule has 0 saturated heterocycles. The highest BCUT2D eigenvalue weighted by Crippen LogP contribution is 2.22. The van der Waals surface area contributed by atoms with Crippen LogP contribution in [0.15, 0.2) is 40.4 Å². The van der Waals surface area contributed by atoms with Gasteiger partial charge in [0.05, 0.1) is 11.7 Å². The number of fused-ring (bicyclic) bond motifs is 1. The van der Waals surface area contributed by atoms with Crippen molar-refractivity contribution in [1.29, 1.82) is 0 Å². The highest BCUT2D eigenvalue weighted by atomic mass is 79.9. The normalized spacial score (nSPS) is 11.0. The van der Waals surface area contributed by atoms with Crippen LogP contribution in [0, 0.1) is 0 Å². The van der Waals surface area contributed by atoms with Gasteiger partial charge in [-0.15, -0.1) is 11.3 Å². The summed E-state index contributed by atoms with van der Waals surface area (Å²) < 4.78 is 2.70. The van der Waals surface area contributed by atoms with Crippen LogP contribution in [0.25, 0.3) is 16.0 Å². The number of thiazole rings is 1. The van der Waals surface area contributed by atoms with Crippen LogP contribution >= 0.6 is 27.3 Å². The van der Waals surface area contributed by atoms with Crippen molar-refractivity contribution in [1.82, 2.24) is 14.8 Å². The maximum absolute atomic E-state index is 4.34.